The average molecular weight is 388 g/mol. The lowest BCUT2D eigenvalue weighted by Crippen LogP contribution is -2.51. The quantitative estimate of drug-likeness (QED) is 0.843. The lowest BCUT2D eigenvalue weighted by molar-refractivity contribution is -0.137. The van der Waals surface area contributed by atoms with E-state index in [0.29, 0.717) is 36.5 Å². The Balaban J connectivity index is 1.57. The summed E-state index contributed by atoms with van der Waals surface area (Å²) < 4.78 is 0. The molecule has 27 heavy (non-hydrogen) atoms. The summed E-state index contributed by atoms with van der Waals surface area (Å²) in [6.45, 7) is 2.51. The Kier molecular flexibility index (Phi) is 5.77. The summed E-state index contributed by atoms with van der Waals surface area (Å²) in [7, 11) is 0. The maximum Gasteiger partial charge on any atom is 0.253 e. The Bertz CT molecular complexity index is 803. The second-order valence-corrected chi connectivity index (χ2v) is 7.24. The van der Waals surface area contributed by atoms with Crippen molar-refractivity contribution in [2.24, 2.45) is 0 Å². The molecule has 1 aliphatic rings. The van der Waals surface area contributed by atoms with Gasteiger partial charge in [0.1, 0.15) is 6.04 Å². The molecule has 7 heteroatoms. The molecule has 2 heterocycles. The van der Waals surface area contributed by atoms with Gasteiger partial charge in [0.05, 0.1) is 11.2 Å². The normalized spacial score (nSPS) is 17.2. The van der Waals surface area contributed by atoms with Crippen LogP contribution in [0.2, 0.25) is 5.02 Å². The molecule has 2 amide bonds. The van der Waals surface area contributed by atoms with Crippen LogP contribution in [0.5, 0.6) is 0 Å². The summed E-state index contributed by atoms with van der Waals surface area (Å²) in [5, 5.41) is 14.2. The van der Waals surface area contributed by atoms with Crippen molar-refractivity contribution < 1.29 is 14.7 Å². The smallest absolute Gasteiger partial charge is 0.253 e. The fourth-order valence-corrected chi connectivity index (χ4v) is 3.38. The van der Waals surface area contributed by atoms with Crippen molar-refractivity contribution in [3.05, 3.63) is 64.9 Å². The number of amides is 2. The molecule has 1 saturated heterocycles. The van der Waals surface area contributed by atoms with Crippen LogP contribution < -0.4 is 5.32 Å². The molecular formula is C20H22ClN3O3. The van der Waals surface area contributed by atoms with Crippen molar-refractivity contribution in [3.8, 4) is 0 Å². The second-order valence-electron chi connectivity index (χ2n) is 6.80. The molecule has 1 aromatic heterocycles. The van der Waals surface area contributed by atoms with Gasteiger partial charge in [0, 0.05) is 30.5 Å². The number of rotatable bonds is 4. The first-order chi connectivity index (χ1) is 12.9. The van der Waals surface area contributed by atoms with E-state index in [-0.39, 0.29) is 11.8 Å². The predicted octanol–water partition coefficient (Wildman–Crippen LogP) is 2.36. The van der Waals surface area contributed by atoms with Crippen LogP contribution in [-0.2, 0) is 10.4 Å². The van der Waals surface area contributed by atoms with Crippen molar-refractivity contribution in [3.63, 3.8) is 0 Å². The van der Waals surface area contributed by atoms with E-state index in [9.17, 15) is 14.7 Å². The first-order valence-corrected chi connectivity index (χ1v) is 9.25. The number of aliphatic hydroxyl groups is 1. The highest BCUT2D eigenvalue weighted by Gasteiger charge is 2.36. The summed E-state index contributed by atoms with van der Waals surface area (Å²) in [5.74, 6) is -0.496. The predicted molar refractivity (Wildman–Crippen MR) is 102 cm³/mol. The number of piperidine rings is 1. The van der Waals surface area contributed by atoms with Crippen LogP contribution in [0.1, 0.15) is 35.7 Å². The highest BCUT2D eigenvalue weighted by atomic mass is 35.5. The van der Waals surface area contributed by atoms with E-state index >= 15 is 0 Å². The molecule has 1 aromatic carbocycles. The van der Waals surface area contributed by atoms with E-state index in [1.165, 1.54) is 6.20 Å². The summed E-state index contributed by atoms with van der Waals surface area (Å²) in [6, 6.07) is 9.80. The molecule has 142 valence electrons. The van der Waals surface area contributed by atoms with E-state index in [0.717, 1.165) is 5.56 Å². The molecule has 2 N–H and O–H groups in total. The van der Waals surface area contributed by atoms with Gasteiger partial charge in [-0.3, -0.25) is 14.6 Å². The number of carbonyl (C=O) groups excluding carboxylic acids is 2. The number of hydrogen-bond acceptors (Lipinski definition) is 4. The van der Waals surface area contributed by atoms with E-state index in [1.807, 2.05) is 12.1 Å². The number of nitrogens with zero attached hydrogens (tertiary/aromatic N) is 2. The molecule has 6 nitrogen and oxygen atoms in total. The number of pyridine rings is 1. The van der Waals surface area contributed by atoms with Gasteiger partial charge in [-0.15, -0.1) is 0 Å². The third-order valence-electron chi connectivity index (χ3n) is 4.93. The van der Waals surface area contributed by atoms with Gasteiger partial charge in [-0.25, -0.2) is 0 Å². The third-order valence-corrected chi connectivity index (χ3v) is 5.18. The van der Waals surface area contributed by atoms with Crippen molar-refractivity contribution in [2.45, 2.75) is 31.4 Å². The zero-order chi connectivity index (χ0) is 19.4. The van der Waals surface area contributed by atoms with E-state index in [1.54, 1.807) is 42.3 Å². The van der Waals surface area contributed by atoms with Gasteiger partial charge in [-0.1, -0.05) is 23.7 Å². The number of carbonyl (C=O) groups is 2. The topological polar surface area (TPSA) is 82.5 Å². The standard InChI is InChI=1S/C20H22ClN3O3/c1-14(23-18(25)15-3-2-10-22-13-15)19(26)24-11-8-20(27,9-12-24)16-4-6-17(21)7-5-16/h2-7,10,13-14,27H,8-9,11-12H2,1H3,(H,23,25). The van der Waals surface area contributed by atoms with Gasteiger partial charge in [0.25, 0.3) is 5.91 Å². The summed E-state index contributed by atoms with van der Waals surface area (Å²) in [4.78, 5) is 30.4. The molecule has 2 aromatic rings. The SMILES string of the molecule is CC(NC(=O)c1cccnc1)C(=O)N1CCC(O)(c2ccc(Cl)cc2)CC1. The minimum absolute atomic E-state index is 0.162. The van der Waals surface area contributed by atoms with Crippen molar-refractivity contribution in [1.29, 1.82) is 0 Å². The summed E-state index contributed by atoms with van der Waals surface area (Å²) in [6.07, 6.45) is 3.91. The van der Waals surface area contributed by atoms with Crippen molar-refractivity contribution in [2.75, 3.05) is 13.1 Å². The monoisotopic (exact) mass is 387 g/mol. The van der Waals surface area contributed by atoms with E-state index in [2.05, 4.69) is 10.3 Å². The average Bonchev–Trinajstić information content (AvgIpc) is 2.69. The van der Waals surface area contributed by atoms with Gasteiger partial charge in [0.2, 0.25) is 5.91 Å². The molecule has 1 fully saturated rings. The minimum Gasteiger partial charge on any atom is -0.385 e. The van der Waals surface area contributed by atoms with Gasteiger partial charge in [-0.2, -0.15) is 0 Å². The molecule has 0 bridgehead atoms. The van der Waals surface area contributed by atoms with E-state index in [4.69, 9.17) is 11.6 Å². The van der Waals surface area contributed by atoms with Crippen LogP contribution in [-0.4, -0.2) is 45.9 Å². The Hall–Kier alpha value is -2.44. The van der Waals surface area contributed by atoms with Gasteiger partial charge < -0.3 is 15.3 Å². The molecule has 0 aliphatic carbocycles. The van der Waals surface area contributed by atoms with Crippen LogP contribution >= 0.6 is 11.6 Å². The number of likely N-dealkylation sites (tertiary alicyclic amines) is 1. The second kappa shape index (κ2) is 8.06. The largest absolute Gasteiger partial charge is 0.385 e. The maximum absolute atomic E-state index is 12.7. The molecule has 0 spiro atoms. The lowest BCUT2D eigenvalue weighted by Gasteiger charge is -2.39. The molecule has 0 radical (unpaired) electrons. The summed E-state index contributed by atoms with van der Waals surface area (Å²) in [5.41, 5.74) is 0.244. The highest BCUT2D eigenvalue weighted by Crippen LogP contribution is 2.33. The lowest BCUT2D eigenvalue weighted by atomic mass is 9.84. The molecule has 3 rings (SSSR count). The van der Waals surface area contributed by atoms with Crippen LogP contribution in [0.25, 0.3) is 0 Å². The zero-order valence-corrected chi connectivity index (χ0v) is 15.8. The van der Waals surface area contributed by atoms with Crippen LogP contribution in [0.15, 0.2) is 48.8 Å². The van der Waals surface area contributed by atoms with Crippen LogP contribution in [0.3, 0.4) is 0 Å². The number of nitrogens with one attached hydrogen (secondary N) is 1. The van der Waals surface area contributed by atoms with Gasteiger partial charge >= 0.3 is 0 Å². The van der Waals surface area contributed by atoms with Gasteiger partial charge in [-0.05, 0) is 49.6 Å². The fourth-order valence-electron chi connectivity index (χ4n) is 3.26. The Morgan fingerprint density at radius 3 is 2.48 bits per heavy atom. The highest BCUT2D eigenvalue weighted by molar-refractivity contribution is 6.30. The Labute approximate surface area is 163 Å². The molecule has 1 unspecified atom stereocenters. The van der Waals surface area contributed by atoms with Crippen molar-refractivity contribution >= 4 is 23.4 Å². The maximum atomic E-state index is 12.7. The molecule has 0 saturated carbocycles. The zero-order valence-electron chi connectivity index (χ0n) is 15.1. The van der Waals surface area contributed by atoms with Gasteiger partial charge in [0.15, 0.2) is 0 Å². The number of halogens is 1. The molecular weight excluding hydrogens is 366 g/mol. The molecule has 1 aliphatic heterocycles. The third kappa shape index (κ3) is 4.46. The van der Waals surface area contributed by atoms with Crippen LogP contribution in [0, 0.1) is 0 Å². The molecule has 1 atom stereocenters. The van der Waals surface area contributed by atoms with E-state index < -0.39 is 11.6 Å². The fraction of sp³-hybridized carbons (Fsp3) is 0.350. The Morgan fingerprint density at radius 1 is 1.22 bits per heavy atom. The first-order valence-electron chi connectivity index (χ1n) is 8.87. The first kappa shape index (κ1) is 19.3. The number of aromatic nitrogens is 1. The summed E-state index contributed by atoms with van der Waals surface area (Å²) >= 11 is 5.91. The Morgan fingerprint density at radius 2 is 1.89 bits per heavy atom. The van der Waals surface area contributed by atoms with Crippen molar-refractivity contribution in [1.82, 2.24) is 15.2 Å². The number of benzene rings is 1. The minimum atomic E-state index is -0.969. The van der Waals surface area contributed by atoms with Crippen LogP contribution in [0.4, 0.5) is 0 Å². The number of hydrogen-bond donors (Lipinski definition) is 2.